The van der Waals surface area contributed by atoms with Crippen LogP contribution in [0.3, 0.4) is 0 Å². The van der Waals surface area contributed by atoms with Crippen molar-refractivity contribution in [2.45, 2.75) is 74.6 Å². The second kappa shape index (κ2) is 7.88. The van der Waals surface area contributed by atoms with Gasteiger partial charge in [-0.05, 0) is 50.4 Å². The lowest BCUT2D eigenvalue weighted by atomic mass is 9.86. The first-order valence-electron chi connectivity index (χ1n) is 11.3. The van der Waals surface area contributed by atoms with E-state index in [2.05, 4.69) is 14.7 Å². The quantitative estimate of drug-likeness (QED) is 0.654. The molecule has 2 heterocycles. The van der Waals surface area contributed by atoms with Gasteiger partial charge in [-0.15, -0.1) is 0 Å². The van der Waals surface area contributed by atoms with E-state index < -0.39 is 34.0 Å². The first-order valence-corrected chi connectivity index (χ1v) is 13.2. The second-order valence-corrected chi connectivity index (χ2v) is 11.6. The van der Waals surface area contributed by atoms with E-state index in [0.29, 0.717) is 11.7 Å². The molecule has 0 spiro atoms. The standard InChI is InChI=1S/C21H29FN4O5S/c1-32(29,30)25-18-15-3-2-4-16(15)26(20(27)28)17(18)11-31-14-5-6-21(8-12(21)7-14)19-23-9-13(22)10-24-19/h9-10,12,14-18,25H,2-8,11H2,1H3,(H,27,28)/t12-,14+,15?,16?,17?,18?,21-/m1/s1. The molecule has 1 aliphatic heterocycles. The summed E-state index contributed by atoms with van der Waals surface area (Å²) in [6, 6.07) is -1.17. The Morgan fingerprint density at radius 1 is 1.34 bits per heavy atom. The number of hydrogen-bond donors (Lipinski definition) is 2. The summed E-state index contributed by atoms with van der Waals surface area (Å²) in [5, 5.41) is 9.86. The van der Waals surface area contributed by atoms with E-state index in [9.17, 15) is 22.7 Å². The van der Waals surface area contributed by atoms with Gasteiger partial charge in [-0.2, -0.15) is 0 Å². The summed E-state index contributed by atoms with van der Waals surface area (Å²) >= 11 is 0. The maximum Gasteiger partial charge on any atom is 0.407 e. The SMILES string of the molecule is CS(=O)(=O)NC1C2CCCC2N(C(=O)O)C1CO[C@H]1CC[C@@]2(c3ncc(F)cn3)C[C@H]2C1. The lowest BCUT2D eigenvalue weighted by Gasteiger charge is -2.32. The predicted molar refractivity (Wildman–Crippen MR) is 112 cm³/mol. The fraction of sp³-hybridized carbons (Fsp3) is 0.762. The number of sulfonamides is 1. The molecule has 4 aliphatic rings. The number of aromatic nitrogens is 2. The van der Waals surface area contributed by atoms with Crippen molar-refractivity contribution in [1.82, 2.24) is 19.6 Å². The molecule has 0 bridgehead atoms. The molecule has 32 heavy (non-hydrogen) atoms. The number of fused-ring (bicyclic) bond motifs is 2. The molecule has 3 aliphatic carbocycles. The van der Waals surface area contributed by atoms with Crippen molar-refractivity contribution in [3.63, 3.8) is 0 Å². The van der Waals surface area contributed by atoms with Gasteiger partial charge in [0.05, 0.1) is 37.4 Å². The summed E-state index contributed by atoms with van der Waals surface area (Å²) in [7, 11) is -3.48. The molecular formula is C21H29FN4O5S. The number of nitrogens with zero attached hydrogens (tertiary/aromatic N) is 3. The molecule has 1 aromatic rings. The highest BCUT2D eigenvalue weighted by molar-refractivity contribution is 7.88. The van der Waals surface area contributed by atoms with Crippen LogP contribution in [0.15, 0.2) is 12.4 Å². The lowest BCUT2D eigenvalue weighted by Crippen LogP contribution is -2.51. The molecule has 1 amide bonds. The van der Waals surface area contributed by atoms with Crippen molar-refractivity contribution < 1.29 is 27.4 Å². The van der Waals surface area contributed by atoms with Crippen LogP contribution in [0.1, 0.15) is 50.8 Å². The molecule has 0 radical (unpaired) electrons. The first-order chi connectivity index (χ1) is 15.2. The fourth-order valence-electron chi connectivity index (χ4n) is 6.51. The Morgan fingerprint density at radius 3 is 2.75 bits per heavy atom. The van der Waals surface area contributed by atoms with Gasteiger partial charge in [0.2, 0.25) is 10.0 Å². The van der Waals surface area contributed by atoms with E-state index in [1.807, 2.05) is 0 Å². The van der Waals surface area contributed by atoms with Crippen LogP contribution in [0, 0.1) is 17.7 Å². The number of rotatable bonds is 6. The number of carbonyl (C=O) groups is 1. The summed E-state index contributed by atoms with van der Waals surface area (Å²) in [5.41, 5.74) is -0.0918. The molecule has 3 saturated carbocycles. The molecule has 11 heteroatoms. The number of nitrogens with one attached hydrogen (secondary N) is 1. The van der Waals surface area contributed by atoms with Gasteiger partial charge >= 0.3 is 6.09 Å². The Labute approximate surface area is 186 Å². The van der Waals surface area contributed by atoms with Gasteiger partial charge in [0.15, 0.2) is 5.82 Å². The van der Waals surface area contributed by atoms with E-state index in [1.165, 1.54) is 17.3 Å². The van der Waals surface area contributed by atoms with Crippen molar-refractivity contribution >= 4 is 16.1 Å². The minimum absolute atomic E-state index is 0.0208. The molecule has 1 saturated heterocycles. The van der Waals surface area contributed by atoms with E-state index in [1.54, 1.807) is 0 Å². The van der Waals surface area contributed by atoms with Crippen molar-refractivity contribution in [2.75, 3.05) is 12.9 Å². The summed E-state index contributed by atoms with van der Waals surface area (Å²) < 4.78 is 46.1. The van der Waals surface area contributed by atoms with E-state index in [4.69, 9.17) is 4.74 Å². The van der Waals surface area contributed by atoms with Crippen LogP contribution in [0.25, 0.3) is 0 Å². The Bertz CT molecular complexity index is 992. The number of likely N-dealkylation sites (tertiary alicyclic amines) is 1. The Kier molecular flexibility index (Phi) is 5.41. The normalized spacial score (nSPS) is 38.4. The molecule has 4 unspecified atom stereocenters. The third kappa shape index (κ3) is 3.88. The highest BCUT2D eigenvalue weighted by atomic mass is 32.2. The van der Waals surface area contributed by atoms with Gasteiger partial charge in [-0.1, -0.05) is 6.42 Å². The van der Waals surface area contributed by atoms with Crippen LogP contribution in [0.2, 0.25) is 0 Å². The molecule has 5 rings (SSSR count). The third-order valence-corrected chi connectivity index (χ3v) is 8.65. The fourth-order valence-corrected chi connectivity index (χ4v) is 7.34. The van der Waals surface area contributed by atoms with E-state index in [-0.39, 0.29) is 30.1 Å². The zero-order valence-corrected chi connectivity index (χ0v) is 18.8. The first kappa shape index (κ1) is 22.0. The van der Waals surface area contributed by atoms with Gasteiger partial charge in [0.1, 0.15) is 5.82 Å². The number of carboxylic acid groups (broad SMARTS) is 1. The van der Waals surface area contributed by atoms with Crippen molar-refractivity contribution in [3.8, 4) is 0 Å². The molecule has 9 nitrogen and oxygen atoms in total. The largest absolute Gasteiger partial charge is 0.465 e. The monoisotopic (exact) mass is 468 g/mol. The predicted octanol–water partition coefficient (Wildman–Crippen LogP) is 1.89. The molecule has 176 valence electrons. The highest BCUT2D eigenvalue weighted by Crippen LogP contribution is 2.61. The minimum atomic E-state index is -3.48. The van der Waals surface area contributed by atoms with Gasteiger partial charge in [0, 0.05) is 17.5 Å². The zero-order valence-electron chi connectivity index (χ0n) is 18.0. The number of ether oxygens (including phenoxy) is 1. The summed E-state index contributed by atoms with van der Waals surface area (Å²) in [4.78, 5) is 21.9. The van der Waals surface area contributed by atoms with Crippen LogP contribution in [0.4, 0.5) is 9.18 Å². The number of halogens is 1. The highest BCUT2D eigenvalue weighted by Gasteiger charge is 2.60. The van der Waals surface area contributed by atoms with Gasteiger partial charge in [-0.3, -0.25) is 4.90 Å². The van der Waals surface area contributed by atoms with Crippen molar-refractivity contribution in [2.24, 2.45) is 11.8 Å². The van der Waals surface area contributed by atoms with Gasteiger partial charge in [-0.25, -0.2) is 32.3 Å². The average molecular weight is 469 g/mol. The topological polar surface area (TPSA) is 122 Å². The summed E-state index contributed by atoms with van der Waals surface area (Å²) in [6.07, 6.45) is 8.34. The zero-order chi connectivity index (χ0) is 22.7. The maximum absolute atomic E-state index is 13.2. The third-order valence-electron chi connectivity index (χ3n) is 7.95. The van der Waals surface area contributed by atoms with Crippen LogP contribution in [-0.2, 0) is 20.2 Å². The average Bonchev–Trinajstić information content (AvgIpc) is 3.13. The van der Waals surface area contributed by atoms with Crippen LogP contribution in [0.5, 0.6) is 0 Å². The molecule has 7 atom stereocenters. The Morgan fingerprint density at radius 2 is 2.09 bits per heavy atom. The molecule has 1 aromatic heterocycles. The minimum Gasteiger partial charge on any atom is -0.465 e. The second-order valence-electron chi connectivity index (χ2n) is 9.85. The number of hydrogen-bond acceptors (Lipinski definition) is 6. The molecule has 0 aromatic carbocycles. The molecular weight excluding hydrogens is 439 g/mol. The summed E-state index contributed by atoms with van der Waals surface area (Å²) in [5.74, 6) is 0.601. The van der Waals surface area contributed by atoms with Gasteiger partial charge in [0.25, 0.3) is 0 Å². The van der Waals surface area contributed by atoms with Gasteiger partial charge < -0.3 is 9.84 Å². The number of amides is 1. The van der Waals surface area contributed by atoms with Crippen LogP contribution >= 0.6 is 0 Å². The Balaban J connectivity index is 1.25. The maximum atomic E-state index is 13.2. The smallest absolute Gasteiger partial charge is 0.407 e. The summed E-state index contributed by atoms with van der Waals surface area (Å²) in [6.45, 7) is 0.171. The lowest BCUT2D eigenvalue weighted by molar-refractivity contribution is -0.00985. The van der Waals surface area contributed by atoms with Crippen LogP contribution < -0.4 is 4.72 Å². The molecule has 4 fully saturated rings. The van der Waals surface area contributed by atoms with Crippen molar-refractivity contribution in [3.05, 3.63) is 24.0 Å². The van der Waals surface area contributed by atoms with Crippen LogP contribution in [-0.4, -0.2) is 71.6 Å². The van der Waals surface area contributed by atoms with Crippen molar-refractivity contribution in [1.29, 1.82) is 0 Å². The van der Waals surface area contributed by atoms with E-state index >= 15 is 0 Å². The van der Waals surface area contributed by atoms with E-state index in [0.717, 1.165) is 51.2 Å². The molecule has 2 N–H and O–H groups in total. The Hall–Kier alpha value is -1.85.